The smallest absolute Gasteiger partial charge is 0.0732 e. The molecular formula is C33H48N2P2Si2. The van der Waals surface area contributed by atoms with Gasteiger partial charge in [-0.05, 0) is 103 Å². The zero-order chi connectivity index (χ0) is 27.6. The summed E-state index contributed by atoms with van der Waals surface area (Å²) in [6.45, 7) is 15.8. The normalized spacial score (nSPS) is 32.3. The van der Waals surface area contributed by atoms with E-state index in [1.54, 1.807) is 5.57 Å². The van der Waals surface area contributed by atoms with Gasteiger partial charge in [0, 0.05) is 31.9 Å². The van der Waals surface area contributed by atoms with Gasteiger partial charge in [-0.15, -0.1) is 9.24 Å². The summed E-state index contributed by atoms with van der Waals surface area (Å²) in [5, 5.41) is 1.95. The van der Waals surface area contributed by atoms with Crippen LogP contribution in [0.1, 0.15) is 32.1 Å². The first-order valence-electron chi connectivity index (χ1n) is 15.3. The SMILES string of the molecule is C[Si](C)(C)C1=C(C2(CP)C3CC4CC(C3)CC2C4)C(CP(c2ccccn2)c2ccccn2)=CC1[Si](C)(C)C. The Bertz CT molecular complexity index is 1190. The lowest BCUT2D eigenvalue weighted by atomic mass is 9.43. The summed E-state index contributed by atoms with van der Waals surface area (Å²) in [7, 11) is -0.396. The van der Waals surface area contributed by atoms with Gasteiger partial charge in [-0.25, -0.2) is 0 Å². The molecule has 7 rings (SSSR count). The maximum absolute atomic E-state index is 4.94. The average Bonchev–Trinajstić information content (AvgIpc) is 3.29. The molecule has 2 atom stereocenters. The molecule has 5 aliphatic carbocycles. The van der Waals surface area contributed by atoms with Gasteiger partial charge in [0.05, 0.1) is 27.0 Å². The fourth-order valence-corrected chi connectivity index (χ4v) is 18.7. The fraction of sp³-hybridized carbons (Fsp3) is 0.576. The molecule has 0 N–H and O–H groups in total. The largest absolute Gasteiger partial charge is 0.256 e. The summed E-state index contributed by atoms with van der Waals surface area (Å²) in [6, 6.07) is 12.9. The van der Waals surface area contributed by atoms with Gasteiger partial charge in [-0.2, -0.15) is 0 Å². The third-order valence-corrected chi connectivity index (χ3v) is 18.3. The van der Waals surface area contributed by atoms with Gasteiger partial charge in [0.15, 0.2) is 0 Å². The molecule has 2 aromatic heterocycles. The van der Waals surface area contributed by atoms with Gasteiger partial charge in [0.2, 0.25) is 0 Å². The van der Waals surface area contributed by atoms with Gasteiger partial charge in [-0.1, -0.05) is 62.7 Å². The summed E-state index contributed by atoms with van der Waals surface area (Å²) in [4.78, 5) is 9.88. The minimum absolute atomic E-state index is 0.350. The van der Waals surface area contributed by atoms with Gasteiger partial charge in [0.25, 0.3) is 0 Å². The van der Waals surface area contributed by atoms with E-state index in [9.17, 15) is 0 Å². The molecule has 2 unspecified atom stereocenters. The molecule has 2 nitrogen and oxygen atoms in total. The molecule has 39 heavy (non-hydrogen) atoms. The van der Waals surface area contributed by atoms with E-state index < -0.39 is 24.1 Å². The Balaban J connectivity index is 1.54. The zero-order valence-electron chi connectivity index (χ0n) is 25.0. The number of rotatable bonds is 8. The van der Waals surface area contributed by atoms with Crippen molar-refractivity contribution in [2.24, 2.45) is 29.1 Å². The minimum atomic E-state index is -1.58. The number of hydrogen-bond donors (Lipinski definition) is 0. The summed E-state index contributed by atoms with van der Waals surface area (Å²) in [6.07, 6.45) is 16.6. The summed E-state index contributed by atoms with van der Waals surface area (Å²) in [5.41, 5.74) is 7.06. The van der Waals surface area contributed by atoms with E-state index in [-0.39, 0.29) is 0 Å². The Morgan fingerprint density at radius 2 is 1.36 bits per heavy atom. The number of hydrogen-bond acceptors (Lipinski definition) is 2. The van der Waals surface area contributed by atoms with Crippen LogP contribution in [0.5, 0.6) is 0 Å². The van der Waals surface area contributed by atoms with Crippen molar-refractivity contribution < 1.29 is 0 Å². The quantitative estimate of drug-likeness (QED) is 0.230. The van der Waals surface area contributed by atoms with E-state index in [0.29, 0.717) is 11.0 Å². The molecule has 4 fully saturated rings. The van der Waals surface area contributed by atoms with Crippen LogP contribution in [0.15, 0.2) is 71.2 Å². The Labute approximate surface area is 243 Å². The topological polar surface area (TPSA) is 25.8 Å². The summed E-state index contributed by atoms with van der Waals surface area (Å²) >= 11 is 0. The van der Waals surface area contributed by atoms with E-state index in [2.05, 4.69) is 91.0 Å². The molecule has 2 heterocycles. The molecule has 208 valence electrons. The van der Waals surface area contributed by atoms with Crippen molar-refractivity contribution in [3.05, 3.63) is 71.2 Å². The highest BCUT2D eigenvalue weighted by molar-refractivity contribution is 7.72. The lowest BCUT2D eigenvalue weighted by Crippen LogP contribution is -2.55. The maximum atomic E-state index is 4.94. The Hall–Kier alpha value is -0.926. The molecule has 0 aromatic carbocycles. The Kier molecular flexibility index (Phi) is 7.53. The van der Waals surface area contributed by atoms with Crippen molar-refractivity contribution in [2.75, 3.05) is 12.3 Å². The van der Waals surface area contributed by atoms with Crippen LogP contribution in [0.2, 0.25) is 44.8 Å². The van der Waals surface area contributed by atoms with E-state index in [4.69, 9.17) is 9.97 Å². The molecule has 5 aliphatic rings. The second-order valence-electron chi connectivity index (χ2n) is 15.1. The molecule has 6 heteroatoms. The fourth-order valence-electron chi connectivity index (χ4n) is 9.25. The van der Waals surface area contributed by atoms with E-state index in [1.165, 1.54) is 49.1 Å². The summed E-state index contributed by atoms with van der Waals surface area (Å²) < 4.78 is 0. The van der Waals surface area contributed by atoms with Gasteiger partial charge in [-0.3, -0.25) is 9.97 Å². The zero-order valence-corrected chi connectivity index (χ0v) is 29.0. The van der Waals surface area contributed by atoms with Crippen LogP contribution in [-0.2, 0) is 0 Å². The first-order valence-corrected chi connectivity index (χ1v) is 24.7. The van der Waals surface area contributed by atoms with Crippen LogP contribution in [0.25, 0.3) is 0 Å². The molecular weight excluding hydrogens is 542 g/mol. The second kappa shape index (κ2) is 10.4. The lowest BCUT2D eigenvalue weighted by Gasteiger charge is -2.63. The molecule has 0 amide bonds. The third-order valence-electron chi connectivity index (χ3n) is 10.6. The van der Waals surface area contributed by atoms with Gasteiger partial charge < -0.3 is 0 Å². The van der Waals surface area contributed by atoms with Crippen molar-refractivity contribution >= 4 is 44.2 Å². The molecule has 4 bridgehead atoms. The molecule has 0 aliphatic heterocycles. The highest BCUT2D eigenvalue weighted by atomic mass is 31.1. The monoisotopic (exact) mass is 590 g/mol. The van der Waals surface area contributed by atoms with Crippen LogP contribution < -0.4 is 10.9 Å². The van der Waals surface area contributed by atoms with Gasteiger partial charge in [0.1, 0.15) is 0 Å². The highest BCUT2D eigenvalue weighted by Gasteiger charge is 2.60. The van der Waals surface area contributed by atoms with Crippen molar-refractivity contribution in [3.63, 3.8) is 0 Å². The Morgan fingerprint density at radius 3 is 1.77 bits per heavy atom. The van der Waals surface area contributed by atoms with Crippen molar-refractivity contribution in [1.29, 1.82) is 0 Å². The molecule has 4 saturated carbocycles. The van der Waals surface area contributed by atoms with Gasteiger partial charge >= 0.3 is 0 Å². The summed E-state index contributed by atoms with van der Waals surface area (Å²) in [5.74, 6) is 3.72. The molecule has 0 saturated heterocycles. The van der Waals surface area contributed by atoms with Crippen molar-refractivity contribution in [3.8, 4) is 0 Å². The predicted octanol–water partition coefficient (Wildman–Crippen LogP) is 8.05. The predicted molar refractivity (Wildman–Crippen MR) is 179 cm³/mol. The van der Waals surface area contributed by atoms with Crippen LogP contribution >= 0.6 is 17.2 Å². The second-order valence-corrected chi connectivity index (χ2v) is 28.0. The standard InChI is InChI=1S/C33H48N2P2Si2/c1-38(2,3)28-20-25(21-37(29-11-7-9-13-34-29)30-12-8-10-14-35-30)31(32(28)39(4,5)6)33(22-36)26-16-23-15-24(18-26)19-27(33)17-23/h7-14,20,23-24,26-28H,15-19,21-22,36H2,1-6H3. The van der Waals surface area contributed by atoms with Crippen molar-refractivity contribution in [2.45, 2.75) is 76.9 Å². The molecule has 0 radical (unpaired) electrons. The number of nitrogens with zero attached hydrogens (tertiary/aromatic N) is 2. The lowest BCUT2D eigenvalue weighted by molar-refractivity contribution is -0.0734. The van der Waals surface area contributed by atoms with Crippen LogP contribution in [0.3, 0.4) is 0 Å². The number of aromatic nitrogens is 2. The average molecular weight is 591 g/mol. The van der Waals surface area contributed by atoms with Crippen LogP contribution in [0.4, 0.5) is 0 Å². The minimum Gasteiger partial charge on any atom is -0.256 e. The number of pyridine rings is 2. The first kappa shape index (κ1) is 28.2. The van der Waals surface area contributed by atoms with Crippen LogP contribution in [-0.4, -0.2) is 38.4 Å². The van der Waals surface area contributed by atoms with Crippen molar-refractivity contribution in [1.82, 2.24) is 9.97 Å². The Morgan fingerprint density at radius 1 is 0.821 bits per heavy atom. The highest BCUT2D eigenvalue weighted by Crippen LogP contribution is 2.69. The van der Waals surface area contributed by atoms with E-state index in [0.717, 1.165) is 29.8 Å². The molecule has 2 aromatic rings. The third kappa shape index (κ3) is 4.94. The molecule has 0 spiro atoms. The first-order chi connectivity index (χ1) is 18.5. The maximum Gasteiger partial charge on any atom is 0.0732 e. The number of allylic oxidation sites excluding steroid dienone is 4. The van der Waals surface area contributed by atoms with E-state index in [1.807, 2.05) is 23.2 Å². The van der Waals surface area contributed by atoms with E-state index >= 15 is 0 Å². The van der Waals surface area contributed by atoms with Crippen LogP contribution in [0, 0.1) is 29.1 Å².